The van der Waals surface area contributed by atoms with E-state index in [0.29, 0.717) is 23.8 Å². The van der Waals surface area contributed by atoms with Gasteiger partial charge in [-0.15, -0.1) is 0 Å². The summed E-state index contributed by atoms with van der Waals surface area (Å²) in [6.07, 6.45) is 1.90. The minimum absolute atomic E-state index is 0.0431. The Bertz CT molecular complexity index is 986. The number of amides is 1. The number of fused-ring (bicyclic) bond motifs is 1. The molecule has 1 fully saturated rings. The first-order chi connectivity index (χ1) is 14.1. The molecular formula is C22H23N3O3S. The van der Waals surface area contributed by atoms with Gasteiger partial charge in [-0.25, -0.2) is 4.98 Å². The minimum Gasteiger partial charge on any atom is -0.486 e. The van der Waals surface area contributed by atoms with Gasteiger partial charge >= 0.3 is 0 Å². The van der Waals surface area contributed by atoms with Gasteiger partial charge in [0.1, 0.15) is 24.3 Å². The van der Waals surface area contributed by atoms with E-state index in [-0.39, 0.29) is 17.7 Å². The third kappa shape index (κ3) is 4.03. The average Bonchev–Trinajstić information content (AvgIpc) is 3.21. The van der Waals surface area contributed by atoms with E-state index in [1.807, 2.05) is 43.0 Å². The Kier molecular flexibility index (Phi) is 5.63. The Morgan fingerprint density at radius 2 is 2.07 bits per heavy atom. The summed E-state index contributed by atoms with van der Waals surface area (Å²) in [7, 11) is 0. The molecule has 7 heteroatoms. The molecule has 0 radical (unpaired) electrons. The van der Waals surface area contributed by atoms with Gasteiger partial charge in [-0.2, -0.15) is 5.26 Å². The highest BCUT2D eigenvalue weighted by Crippen LogP contribution is 2.38. The van der Waals surface area contributed by atoms with Crippen molar-refractivity contribution in [3.8, 4) is 17.6 Å². The third-order valence-electron chi connectivity index (χ3n) is 5.28. The number of benzene rings is 1. The molecule has 150 valence electrons. The Hall–Kier alpha value is -2.72. The molecule has 0 spiro atoms. The number of hydrogen-bond acceptors (Lipinski definition) is 6. The van der Waals surface area contributed by atoms with E-state index in [9.17, 15) is 10.1 Å². The number of nitrogens with zero attached hydrogens (tertiary/aromatic N) is 3. The zero-order chi connectivity index (χ0) is 20.4. The van der Waals surface area contributed by atoms with Gasteiger partial charge < -0.3 is 14.4 Å². The number of ether oxygens (including phenoxy) is 2. The van der Waals surface area contributed by atoms with Crippen LogP contribution in [0.5, 0.6) is 11.5 Å². The van der Waals surface area contributed by atoms with E-state index in [0.717, 1.165) is 47.7 Å². The molecule has 1 aromatic heterocycles. The Balaban J connectivity index is 1.48. The average molecular weight is 410 g/mol. The lowest BCUT2D eigenvalue weighted by molar-refractivity contribution is -0.129. The number of hydrogen-bond donors (Lipinski definition) is 0. The molecule has 1 saturated heterocycles. The summed E-state index contributed by atoms with van der Waals surface area (Å²) in [6.45, 7) is 5.65. The van der Waals surface area contributed by atoms with E-state index in [1.54, 1.807) is 0 Å². The summed E-state index contributed by atoms with van der Waals surface area (Å²) in [6, 6.07) is 10.1. The van der Waals surface area contributed by atoms with Gasteiger partial charge in [-0.1, -0.05) is 17.8 Å². The third-order valence-corrected chi connectivity index (χ3v) is 6.24. The molecule has 4 rings (SSSR count). The highest BCUT2D eigenvalue weighted by molar-refractivity contribution is 8.00. The molecule has 29 heavy (non-hydrogen) atoms. The Labute approximate surface area is 174 Å². The molecule has 0 bridgehead atoms. The van der Waals surface area contributed by atoms with Crippen LogP contribution in [0.4, 0.5) is 0 Å². The summed E-state index contributed by atoms with van der Waals surface area (Å²) < 4.78 is 11.3. The maximum atomic E-state index is 13.0. The fourth-order valence-electron chi connectivity index (χ4n) is 3.93. The smallest absolute Gasteiger partial charge is 0.233 e. The van der Waals surface area contributed by atoms with Crippen molar-refractivity contribution in [2.45, 2.75) is 37.8 Å². The zero-order valence-corrected chi connectivity index (χ0v) is 17.4. The second-order valence-electron chi connectivity index (χ2n) is 7.31. The Morgan fingerprint density at radius 1 is 1.28 bits per heavy atom. The predicted octanol–water partition coefficient (Wildman–Crippen LogP) is 3.80. The topological polar surface area (TPSA) is 75.5 Å². The SMILES string of the molecule is Cc1cc(C)c(C#N)c(SCC(=O)N2CCC[C@@H]2c2ccc3c(c2)OCCO3)n1. The van der Waals surface area contributed by atoms with Crippen molar-refractivity contribution in [1.82, 2.24) is 9.88 Å². The van der Waals surface area contributed by atoms with Gasteiger partial charge in [0.05, 0.1) is 17.4 Å². The number of rotatable bonds is 4. The Morgan fingerprint density at radius 3 is 2.86 bits per heavy atom. The molecule has 2 aliphatic heterocycles. The van der Waals surface area contributed by atoms with E-state index in [2.05, 4.69) is 11.1 Å². The summed E-state index contributed by atoms with van der Waals surface area (Å²) in [5.74, 6) is 1.85. The van der Waals surface area contributed by atoms with Crippen LogP contribution in [0.1, 0.15) is 41.3 Å². The van der Waals surface area contributed by atoms with Crippen LogP contribution in [0.3, 0.4) is 0 Å². The zero-order valence-electron chi connectivity index (χ0n) is 16.6. The van der Waals surface area contributed by atoms with Crippen molar-refractivity contribution < 1.29 is 14.3 Å². The number of carbonyl (C=O) groups excluding carboxylic acids is 1. The van der Waals surface area contributed by atoms with E-state index >= 15 is 0 Å². The summed E-state index contributed by atoms with van der Waals surface area (Å²) in [5.41, 5.74) is 3.38. The molecule has 1 atom stereocenters. The number of thioether (sulfide) groups is 1. The highest BCUT2D eigenvalue weighted by atomic mass is 32.2. The highest BCUT2D eigenvalue weighted by Gasteiger charge is 2.31. The molecule has 2 aliphatic rings. The molecule has 0 saturated carbocycles. The molecule has 1 amide bonds. The van der Waals surface area contributed by atoms with Gasteiger partial charge in [-0.3, -0.25) is 4.79 Å². The molecule has 6 nitrogen and oxygen atoms in total. The minimum atomic E-state index is 0.0431. The van der Waals surface area contributed by atoms with Crippen molar-refractivity contribution >= 4 is 17.7 Å². The van der Waals surface area contributed by atoms with Crippen LogP contribution in [0.25, 0.3) is 0 Å². The molecule has 2 aromatic rings. The van der Waals surface area contributed by atoms with Crippen molar-refractivity contribution in [2.24, 2.45) is 0 Å². The molecule has 0 N–H and O–H groups in total. The number of nitriles is 1. The number of aromatic nitrogens is 1. The fraction of sp³-hybridized carbons (Fsp3) is 0.409. The summed E-state index contributed by atoms with van der Waals surface area (Å²) in [4.78, 5) is 19.4. The van der Waals surface area contributed by atoms with Crippen LogP contribution in [-0.4, -0.2) is 41.3 Å². The van der Waals surface area contributed by atoms with Gasteiger partial charge in [0.15, 0.2) is 11.5 Å². The van der Waals surface area contributed by atoms with Crippen molar-refractivity contribution in [1.29, 1.82) is 5.26 Å². The molecule has 3 heterocycles. The van der Waals surface area contributed by atoms with E-state index < -0.39 is 0 Å². The van der Waals surface area contributed by atoms with Crippen molar-refractivity contribution in [3.63, 3.8) is 0 Å². The predicted molar refractivity (Wildman–Crippen MR) is 110 cm³/mol. The lowest BCUT2D eigenvalue weighted by Gasteiger charge is -2.26. The second kappa shape index (κ2) is 8.34. The van der Waals surface area contributed by atoms with Crippen LogP contribution >= 0.6 is 11.8 Å². The molecular weight excluding hydrogens is 386 g/mol. The number of carbonyl (C=O) groups is 1. The number of pyridine rings is 1. The van der Waals surface area contributed by atoms with E-state index in [4.69, 9.17) is 9.47 Å². The number of aryl methyl sites for hydroxylation is 2. The van der Waals surface area contributed by atoms with Crippen LogP contribution in [0.15, 0.2) is 29.3 Å². The van der Waals surface area contributed by atoms with Gasteiger partial charge in [-0.05, 0) is 56.0 Å². The number of likely N-dealkylation sites (tertiary alicyclic amines) is 1. The lowest BCUT2D eigenvalue weighted by Crippen LogP contribution is -2.32. The monoisotopic (exact) mass is 409 g/mol. The summed E-state index contributed by atoms with van der Waals surface area (Å²) in [5, 5.41) is 10.1. The van der Waals surface area contributed by atoms with E-state index in [1.165, 1.54) is 11.8 Å². The summed E-state index contributed by atoms with van der Waals surface area (Å²) >= 11 is 1.35. The molecule has 0 aliphatic carbocycles. The molecule has 1 aromatic carbocycles. The van der Waals surface area contributed by atoms with Gasteiger partial charge in [0.2, 0.25) is 5.91 Å². The lowest BCUT2D eigenvalue weighted by atomic mass is 10.0. The fourth-order valence-corrected chi connectivity index (χ4v) is 4.92. The maximum Gasteiger partial charge on any atom is 0.233 e. The van der Waals surface area contributed by atoms with Crippen LogP contribution in [0, 0.1) is 25.2 Å². The standard InChI is InChI=1S/C22H23N3O3S/c1-14-10-15(2)24-22(17(14)12-23)29-13-21(26)25-7-3-4-18(25)16-5-6-19-20(11-16)28-9-8-27-19/h5-6,10-11,18H,3-4,7-9,13H2,1-2H3/t18-/m1/s1. The quantitative estimate of drug-likeness (QED) is 0.715. The maximum absolute atomic E-state index is 13.0. The van der Waals surface area contributed by atoms with Crippen LogP contribution in [0.2, 0.25) is 0 Å². The normalized spacial score (nSPS) is 17.8. The largest absolute Gasteiger partial charge is 0.486 e. The first-order valence-corrected chi connectivity index (χ1v) is 10.8. The van der Waals surface area contributed by atoms with Crippen molar-refractivity contribution in [2.75, 3.05) is 25.5 Å². The first-order valence-electron chi connectivity index (χ1n) is 9.77. The van der Waals surface area contributed by atoms with Crippen molar-refractivity contribution in [3.05, 3.63) is 46.6 Å². The van der Waals surface area contributed by atoms with Crippen LogP contribution in [-0.2, 0) is 4.79 Å². The second-order valence-corrected chi connectivity index (χ2v) is 8.27. The van der Waals surface area contributed by atoms with Crippen LogP contribution < -0.4 is 9.47 Å². The van der Waals surface area contributed by atoms with Gasteiger partial charge in [0.25, 0.3) is 0 Å². The van der Waals surface area contributed by atoms with Gasteiger partial charge in [0, 0.05) is 12.2 Å². The molecule has 0 unspecified atom stereocenters. The first kappa shape index (κ1) is 19.6.